The van der Waals surface area contributed by atoms with Gasteiger partial charge in [-0.3, -0.25) is 10.2 Å². The second-order valence-electron chi connectivity index (χ2n) is 8.40. The number of amidine groups is 2. The maximum absolute atomic E-state index is 12.9. The zero-order valence-corrected chi connectivity index (χ0v) is 21.2. The van der Waals surface area contributed by atoms with Gasteiger partial charge in [0.2, 0.25) is 5.17 Å². The zero-order valence-electron chi connectivity index (χ0n) is 20.4. The van der Waals surface area contributed by atoms with Crippen molar-refractivity contribution in [2.75, 3.05) is 13.7 Å². The molecular weight excluding hydrogens is 474 g/mol. The lowest BCUT2D eigenvalue weighted by molar-refractivity contribution is -0.114. The Kier molecular flexibility index (Phi) is 6.24. The second kappa shape index (κ2) is 9.50. The van der Waals surface area contributed by atoms with E-state index in [1.165, 1.54) is 16.8 Å². The minimum absolute atomic E-state index is 0.00881. The first kappa shape index (κ1) is 23.6. The normalized spacial score (nSPS) is 16.2. The number of ether oxygens (including phenoxy) is 2. The summed E-state index contributed by atoms with van der Waals surface area (Å²) >= 11 is 1.24. The molecule has 0 atom stereocenters. The molecule has 2 aliphatic rings. The van der Waals surface area contributed by atoms with Gasteiger partial charge in [0, 0.05) is 11.4 Å². The van der Waals surface area contributed by atoms with Crippen molar-refractivity contribution >= 4 is 39.8 Å². The predicted molar refractivity (Wildman–Crippen MR) is 143 cm³/mol. The maximum atomic E-state index is 12.9. The number of nitrogens with one attached hydrogen (secondary N) is 1. The third-order valence-electron chi connectivity index (χ3n) is 6.04. The number of hydrogen-bond acceptors (Lipinski definition) is 6. The Morgan fingerprint density at radius 1 is 1.06 bits per heavy atom. The van der Waals surface area contributed by atoms with Gasteiger partial charge in [0.25, 0.3) is 5.91 Å². The molecule has 0 bridgehead atoms. The van der Waals surface area contributed by atoms with E-state index in [-0.39, 0.29) is 18.0 Å². The summed E-state index contributed by atoms with van der Waals surface area (Å²) in [5.41, 5.74) is 4.84. The van der Waals surface area contributed by atoms with E-state index in [4.69, 9.17) is 14.9 Å². The van der Waals surface area contributed by atoms with Gasteiger partial charge in [0.1, 0.15) is 23.1 Å². The smallest absolute Gasteiger partial charge is 0.283 e. The lowest BCUT2D eigenvalue weighted by Gasteiger charge is -2.20. The number of methoxy groups -OCH3 is 1. The molecule has 1 aromatic heterocycles. The molecule has 5 rings (SSSR count). The highest BCUT2D eigenvalue weighted by molar-refractivity contribution is 8.27. The molecule has 9 heteroatoms. The molecule has 0 saturated heterocycles. The molecule has 3 aromatic rings. The van der Waals surface area contributed by atoms with Gasteiger partial charge < -0.3 is 14.0 Å². The molecule has 0 fully saturated rings. The summed E-state index contributed by atoms with van der Waals surface area (Å²) in [6, 6.07) is 17.5. The van der Waals surface area contributed by atoms with Crippen LogP contribution in [0, 0.1) is 26.2 Å². The monoisotopic (exact) mass is 499 g/mol. The average Bonchev–Trinajstić information content (AvgIpc) is 3.40. The molecule has 0 radical (unpaired) electrons. The van der Waals surface area contributed by atoms with Gasteiger partial charge in [0.05, 0.1) is 18.4 Å². The van der Waals surface area contributed by atoms with Crippen LogP contribution in [-0.4, -0.2) is 45.2 Å². The summed E-state index contributed by atoms with van der Waals surface area (Å²) in [6.07, 6.45) is 1.71. The molecule has 1 N–H and O–H groups in total. The molecule has 8 nitrogen and oxygen atoms in total. The highest BCUT2D eigenvalue weighted by atomic mass is 32.2. The largest absolute Gasteiger partial charge is 0.495 e. The summed E-state index contributed by atoms with van der Waals surface area (Å²) < 4.78 is 13.5. The number of aliphatic imine (C=N–C) groups is 1. The molecule has 182 valence electrons. The summed E-state index contributed by atoms with van der Waals surface area (Å²) in [5, 5.41) is 15.6. The number of rotatable bonds is 6. The molecule has 0 unspecified atom stereocenters. The van der Waals surface area contributed by atoms with Crippen molar-refractivity contribution < 1.29 is 14.3 Å². The molecule has 0 spiro atoms. The number of nitrogens with zero attached hydrogens (tertiary/aromatic N) is 4. The summed E-state index contributed by atoms with van der Waals surface area (Å²) in [5.74, 6) is 1.05. The quantitative estimate of drug-likeness (QED) is 0.476. The number of hydrazone groups is 1. The number of benzene rings is 2. The van der Waals surface area contributed by atoms with Gasteiger partial charge in [-0.05, 0) is 74.0 Å². The minimum atomic E-state index is -0.461. The fraction of sp³-hybridized carbons (Fsp3) is 0.185. The Morgan fingerprint density at radius 2 is 1.78 bits per heavy atom. The number of amides is 1. The number of carbonyl (C=O) groups excluding carboxylic acids is 1. The van der Waals surface area contributed by atoms with Gasteiger partial charge in [-0.2, -0.15) is 15.1 Å². The molecule has 1 amide bonds. The van der Waals surface area contributed by atoms with E-state index in [1.54, 1.807) is 13.2 Å². The van der Waals surface area contributed by atoms with E-state index in [0.29, 0.717) is 10.2 Å². The number of para-hydroxylation sites is 3. The van der Waals surface area contributed by atoms with Gasteiger partial charge in [-0.1, -0.05) is 30.3 Å². The fourth-order valence-corrected chi connectivity index (χ4v) is 5.02. The minimum Gasteiger partial charge on any atom is -0.495 e. The lowest BCUT2D eigenvalue weighted by atomic mass is 10.1. The molecule has 3 heterocycles. The molecule has 0 saturated carbocycles. The number of carbonyl (C=O) groups is 1. The Balaban J connectivity index is 1.42. The van der Waals surface area contributed by atoms with Crippen LogP contribution in [-0.2, 0) is 4.79 Å². The van der Waals surface area contributed by atoms with Crippen molar-refractivity contribution in [3.05, 3.63) is 82.7 Å². The summed E-state index contributed by atoms with van der Waals surface area (Å²) in [6.45, 7) is 6.17. The SMILES string of the molecule is COc1ccccc1-n1c(C)cc(C=C2C(=N)N3N=C(COc4ccccc4C)SC3=NC2=O)c1C. The first-order chi connectivity index (χ1) is 17.4. The first-order valence-corrected chi connectivity index (χ1v) is 12.2. The van der Waals surface area contributed by atoms with E-state index in [2.05, 4.69) is 14.7 Å². The lowest BCUT2D eigenvalue weighted by Crippen LogP contribution is -2.35. The second-order valence-corrected chi connectivity index (χ2v) is 9.44. The van der Waals surface area contributed by atoms with Crippen LogP contribution >= 0.6 is 11.8 Å². The number of hydrogen-bond donors (Lipinski definition) is 1. The third kappa shape index (κ3) is 4.22. The van der Waals surface area contributed by atoms with Crippen molar-refractivity contribution in [2.45, 2.75) is 20.8 Å². The standard InChI is InChI=1S/C27H25N5O3S/c1-16-9-5-7-11-22(16)35-15-24-30-32-25(28)20(26(33)29-27(32)36-24)14-19-13-17(2)31(18(19)3)21-10-6-8-12-23(21)34-4/h5-14,28H,15H2,1-4H3. The highest BCUT2D eigenvalue weighted by Crippen LogP contribution is 2.32. The fourth-order valence-electron chi connectivity index (χ4n) is 4.22. The van der Waals surface area contributed by atoms with Crippen molar-refractivity contribution in [3.8, 4) is 17.2 Å². The third-order valence-corrected chi connectivity index (χ3v) is 6.92. The molecular formula is C27H25N5O3S. The van der Waals surface area contributed by atoms with Crippen molar-refractivity contribution in [2.24, 2.45) is 10.1 Å². The van der Waals surface area contributed by atoms with Gasteiger partial charge >= 0.3 is 0 Å². The number of fused-ring (bicyclic) bond motifs is 1. The van der Waals surface area contributed by atoms with E-state index in [0.717, 1.165) is 39.7 Å². The Hall–Kier alpha value is -4.11. The van der Waals surface area contributed by atoms with E-state index < -0.39 is 5.91 Å². The Bertz CT molecular complexity index is 1480. The maximum Gasteiger partial charge on any atom is 0.283 e. The van der Waals surface area contributed by atoms with Gasteiger partial charge in [-0.25, -0.2) is 0 Å². The Labute approximate surface area is 213 Å². The summed E-state index contributed by atoms with van der Waals surface area (Å²) in [4.78, 5) is 17.1. The van der Waals surface area contributed by atoms with Crippen LogP contribution in [0.25, 0.3) is 11.8 Å². The van der Waals surface area contributed by atoms with Crippen LogP contribution in [0.4, 0.5) is 0 Å². The Morgan fingerprint density at radius 3 is 2.53 bits per heavy atom. The molecule has 0 aliphatic carbocycles. The van der Waals surface area contributed by atoms with Crippen LogP contribution in [0.1, 0.15) is 22.5 Å². The van der Waals surface area contributed by atoms with Crippen LogP contribution in [0.15, 0.2) is 70.3 Å². The van der Waals surface area contributed by atoms with Crippen molar-refractivity contribution in [1.82, 2.24) is 9.58 Å². The molecule has 2 aromatic carbocycles. The summed E-state index contributed by atoms with van der Waals surface area (Å²) in [7, 11) is 1.64. The number of thioether (sulfide) groups is 1. The van der Waals surface area contributed by atoms with Crippen molar-refractivity contribution in [1.29, 1.82) is 5.41 Å². The van der Waals surface area contributed by atoms with Crippen molar-refractivity contribution in [3.63, 3.8) is 0 Å². The first-order valence-electron chi connectivity index (χ1n) is 11.4. The van der Waals surface area contributed by atoms with E-state index in [9.17, 15) is 4.79 Å². The van der Waals surface area contributed by atoms with Gasteiger partial charge in [0.15, 0.2) is 5.84 Å². The molecule has 2 aliphatic heterocycles. The van der Waals surface area contributed by atoms with E-state index >= 15 is 0 Å². The van der Waals surface area contributed by atoms with Gasteiger partial charge in [-0.15, -0.1) is 0 Å². The van der Waals surface area contributed by atoms with E-state index in [1.807, 2.05) is 75.4 Å². The van der Waals surface area contributed by atoms with Crippen LogP contribution in [0.3, 0.4) is 0 Å². The predicted octanol–water partition coefficient (Wildman–Crippen LogP) is 5.11. The average molecular weight is 500 g/mol. The van der Waals surface area contributed by atoms with Crippen LogP contribution in [0.2, 0.25) is 0 Å². The molecule has 36 heavy (non-hydrogen) atoms. The number of aromatic nitrogens is 1. The zero-order chi connectivity index (χ0) is 25.4. The van der Waals surface area contributed by atoms with Crippen LogP contribution in [0.5, 0.6) is 11.5 Å². The number of aryl methyl sites for hydroxylation is 2. The van der Waals surface area contributed by atoms with Crippen LogP contribution < -0.4 is 9.47 Å². The topological polar surface area (TPSA) is 92.3 Å². The highest BCUT2D eigenvalue weighted by Gasteiger charge is 2.36.